The molecule has 0 radical (unpaired) electrons. The van der Waals surface area contributed by atoms with E-state index in [4.69, 9.17) is 5.73 Å². The molecule has 0 aliphatic carbocycles. The van der Waals surface area contributed by atoms with Gasteiger partial charge in [-0.3, -0.25) is 4.79 Å². The first-order valence-corrected chi connectivity index (χ1v) is 4.48. The van der Waals surface area contributed by atoms with Crippen molar-refractivity contribution < 1.29 is 9.18 Å². The van der Waals surface area contributed by atoms with E-state index in [-0.39, 0.29) is 11.6 Å². The van der Waals surface area contributed by atoms with E-state index in [9.17, 15) is 9.18 Å². The largest absolute Gasteiger partial charge is 0.397 e. The van der Waals surface area contributed by atoms with Crippen molar-refractivity contribution >= 4 is 17.3 Å². The van der Waals surface area contributed by atoms with Crippen LogP contribution in [0.3, 0.4) is 0 Å². The maximum Gasteiger partial charge on any atom is 0.224 e. The summed E-state index contributed by atoms with van der Waals surface area (Å²) in [5.41, 5.74) is 6.22. The lowest BCUT2D eigenvalue weighted by Gasteiger charge is -2.06. The molecule has 0 aliphatic heterocycles. The molecule has 0 aliphatic rings. The molecule has 1 rings (SSSR count). The minimum Gasteiger partial charge on any atom is -0.397 e. The van der Waals surface area contributed by atoms with Gasteiger partial charge in [0.25, 0.3) is 0 Å². The Kier molecular flexibility index (Phi) is 3.45. The average Bonchev–Trinajstić information content (AvgIpc) is 2.10. The van der Waals surface area contributed by atoms with Crippen LogP contribution in [0.4, 0.5) is 15.8 Å². The van der Waals surface area contributed by atoms with Gasteiger partial charge in [-0.05, 0) is 24.6 Å². The number of carbonyl (C=O) groups excluding carboxylic acids is 1. The number of carbonyl (C=O) groups is 1. The van der Waals surface area contributed by atoms with Crippen LogP contribution in [0.1, 0.15) is 19.8 Å². The summed E-state index contributed by atoms with van der Waals surface area (Å²) in [4.78, 5) is 11.2. The van der Waals surface area contributed by atoms with Crippen molar-refractivity contribution in [1.82, 2.24) is 0 Å². The van der Waals surface area contributed by atoms with Crippen molar-refractivity contribution in [2.75, 3.05) is 11.1 Å². The lowest BCUT2D eigenvalue weighted by atomic mass is 10.2. The smallest absolute Gasteiger partial charge is 0.224 e. The van der Waals surface area contributed by atoms with Gasteiger partial charge in [-0.2, -0.15) is 0 Å². The molecule has 1 amide bonds. The van der Waals surface area contributed by atoms with Gasteiger partial charge in [-0.1, -0.05) is 6.92 Å². The van der Waals surface area contributed by atoms with Crippen molar-refractivity contribution in [3.8, 4) is 0 Å². The van der Waals surface area contributed by atoms with Crippen molar-refractivity contribution in [2.45, 2.75) is 19.8 Å². The Hall–Kier alpha value is -1.58. The van der Waals surface area contributed by atoms with Gasteiger partial charge in [0.2, 0.25) is 5.91 Å². The van der Waals surface area contributed by atoms with E-state index in [1.807, 2.05) is 6.92 Å². The van der Waals surface area contributed by atoms with Crippen LogP contribution < -0.4 is 11.1 Å². The van der Waals surface area contributed by atoms with E-state index in [0.717, 1.165) is 6.42 Å². The van der Waals surface area contributed by atoms with Crippen molar-refractivity contribution in [3.63, 3.8) is 0 Å². The zero-order valence-electron chi connectivity index (χ0n) is 8.01. The Bertz CT molecular complexity index is 339. The Morgan fingerprint density at radius 3 is 2.86 bits per heavy atom. The summed E-state index contributed by atoms with van der Waals surface area (Å²) in [5, 5.41) is 2.61. The van der Waals surface area contributed by atoms with Crippen molar-refractivity contribution in [2.24, 2.45) is 0 Å². The number of rotatable bonds is 3. The molecular weight excluding hydrogens is 183 g/mol. The summed E-state index contributed by atoms with van der Waals surface area (Å²) in [7, 11) is 0. The molecule has 3 N–H and O–H groups in total. The zero-order valence-corrected chi connectivity index (χ0v) is 8.01. The first-order chi connectivity index (χ1) is 6.63. The number of amides is 1. The molecule has 76 valence electrons. The molecule has 14 heavy (non-hydrogen) atoms. The standard InChI is InChI=1S/C10H13FN2O/c1-2-3-10(14)13-9-5-4-7(11)6-8(9)12/h4-6H,2-3,12H2,1H3,(H,13,14). The van der Waals surface area contributed by atoms with Crippen LogP contribution in [0.25, 0.3) is 0 Å². The summed E-state index contributed by atoms with van der Waals surface area (Å²) in [6.45, 7) is 1.91. The van der Waals surface area contributed by atoms with E-state index >= 15 is 0 Å². The van der Waals surface area contributed by atoms with Crippen molar-refractivity contribution in [3.05, 3.63) is 24.0 Å². The van der Waals surface area contributed by atoms with Gasteiger partial charge in [0.15, 0.2) is 0 Å². The maximum absolute atomic E-state index is 12.6. The first kappa shape index (κ1) is 10.5. The quantitative estimate of drug-likeness (QED) is 0.728. The molecule has 0 saturated heterocycles. The SMILES string of the molecule is CCCC(=O)Nc1ccc(F)cc1N. The van der Waals surface area contributed by atoms with Gasteiger partial charge >= 0.3 is 0 Å². The fourth-order valence-electron chi connectivity index (χ4n) is 1.09. The molecule has 1 aromatic carbocycles. The third-order valence-corrected chi connectivity index (χ3v) is 1.76. The van der Waals surface area contributed by atoms with Crippen LogP contribution in [0.2, 0.25) is 0 Å². The van der Waals surface area contributed by atoms with Crippen LogP contribution in [0, 0.1) is 5.82 Å². The van der Waals surface area contributed by atoms with Gasteiger partial charge in [0.1, 0.15) is 5.82 Å². The summed E-state index contributed by atoms with van der Waals surface area (Å²) in [6, 6.07) is 3.90. The summed E-state index contributed by atoms with van der Waals surface area (Å²) >= 11 is 0. The monoisotopic (exact) mass is 196 g/mol. The molecule has 4 heteroatoms. The van der Waals surface area contributed by atoms with Crippen LogP contribution in [0.15, 0.2) is 18.2 Å². The number of hydrogen-bond donors (Lipinski definition) is 2. The molecule has 0 heterocycles. The second kappa shape index (κ2) is 4.60. The van der Waals surface area contributed by atoms with Crippen LogP contribution in [-0.4, -0.2) is 5.91 Å². The summed E-state index contributed by atoms with van der Waals surface area (Å²) in [6.07, 6.45) is 1.21. The third-order valence-electron chi connectivity index (χ3n) is 1.76. The highest BCUT2D eigenvalue weighted by molar-refractivity contribution is 5.93. The highest BCUT2D eigenvalue weighted by Gasteiger charge is 2.04. The maximum atomic E-state index is 12.6. The van der Waals surface area contributed by atoms with Gasteiger partial charge in [-0.15, -0.1) is 0 Å². The fourth-order valence-corrected chi connectivity index (χ4v) is 1.09. The Morgan fingerprint density at radius 1 is 1.57 bits per heavy atom. The first-order valence-electron chi connectivity index (χ1n) is 4.48. The summed E-state index contributed by atoms with van der Waals surface area (Å²) in [5.74, 6) is -0.512. The Balaban J connectivity index is 2.72. The van der Waals surface area contributed by atoms with Crippen LogP contribution >= 0.6 is 0 Å². The minimum atomic E-state index is -0.406. The van der Waals surface area contributed by atoms with Crippen LogP contribution in [0.5, 0.6) is 0 Å². The van der Waals surface area contributed by atoms with Gasteiger partial charge in [0, 0.05) is 6.42 Å². The Morgan fingerprint density at radius 2 is 2.29 bits per heavy atom. The number of nitrogens with one attached hydrogen (secondary N) is 1. The molecule has 1 aromatic rings. The molecule has 0 spiro atoms. The number of halogens is 1. The van der Waals surface area contributed by atoms with E-state index in [1.165, 1.54) is 18.2 Å². The van der Waals surface area contributed by atoms with Gasteiger partial charge < -0.3 is 11.1 Å². The predicted molar refractivity (Wildman–Crippen MR) is 54.4 cm³/mol. The molecular formula is C10H13FN2O. The summed E-state index contributed by atoms with van der Waals surface area (Å²) < 4.78 is 12.6. The molecule has 3 nitrogen and oxygen atoms in total. The van der Waals surface area contributed by atoms with E-state index in [2.05, 4.69) is 5.32 Å². The second-order valence-electron chi connectivity index (χ2n) is 3.03. The van der Waals surface area contributed by atoms with E-state index in [0.29, 0.717) is 12.1 Å². The lowest BCUT2D eigenvalue weighted by molar-refractivity contribution is -0.116. The average molecular weight is 196 g/mol. The normalized spacial score (nSPS) is 9.86. The fraction of sp³-hybridized carbons (Fsp3) is 0.300. The highest BCUT2D eigenvalue weighted by Crippen LogP contribution is 2.19. The topological polar surface area (TPSA) is 55.1 Å². The van der Waals surface area contributed by atoms with E-state index in [1.54, 1.807) is 0 Å². The van der Waals surface area contributed by atoms with Gasteiger partial charge in [-0.25, -0.2) is 4.39 Å². The molecule has 0 saturated carbocycles. The second-order valence-corrected chi connectivity index (χ2v) is 3.03. The van der Waals surface area contributed by atoms with E-state index < -0.39 is 5.82 Å². The third kappa shape index (κ3) is 2.73. The zero-order chi connectivity index (χ0) is 10.6. The molecule has 0 aromatic heterocycles. The van der Waals surface area contributed by atoms with Crippen molar-refractivity contribution in [1.29, 1.82) is 0 Å². The lowest BCUT2D eigenvalue weighted by Crippen LogP contribution is -2.12. The molecule has 0 bridgehead atoms. The predicted octanol–water partition coefficient (Wildman–Crippen LogP) is 2.15. The highest BCUT2D eigenvalue weighted by atomic mass is 19.1. The number of benzene rings is 1. The molecule has 0 fully saturated rings. The minimum absolute atomic E-state index is 0.106. The number of nitrogen functional groups attached to an aromatic ring is 1. The van der Waals surface area contributed by atoms with Gasteiger partial charge in [0.05, 0.1) is 11.4 Å². The number of nitrogens with two attached hydrogens (primary N) is 1. The molecule has 0 atom stereocenters. The number of anilines is 2. The molecule has 0 unspecified atom stereocenters. The number of hydrogen-bond acceptors (Lipinski definition) is 2. The van der Waals surface area contributed by atoms with Crippen LogP contribution in [-0.2, 0) is 4.79 Å². The Labute approximate surface area is 82.1 Å².